The van der Waals surface area contributed by atoms with Gasteiger partial charge in [-0.05, 0) is 90.9 Å². The molecule has 2 aromatic carbocycles. The summed E-state index contributed by atoms with van der Waals surface area (Å²) in [6.07, 6.45) is 0.0634. The number of anilines is 2. The molecular formula is C36H48N4O9. The number of aldehydes is 1. The summed E-state index contributed by atoms with van der Waals surface area (Å²) < 4.78 is 21.3. The summed E-state index contributed by atoms with van der Waals surface area (Å²) >= 11 is 0. The molecule has 49 heavy (non-hydrogen) atoms. The molecule has 2 amide bonds. The van der Waals surface area contributed by atoms with Gasteiger partial charge >= 0.3 is 18.2 Å². The molecule has 2 saturated heterocycles. The lowest BCUT2D eigenvalue weighted by Gasteiger charge is -2.36. The topological polar surface area (TPSA) is 142 Å². The number of hydrogen-bond acceptors (Lipinski definition) is 11. The van der Waals surface area contributed by atoms with Gasteiger partial charge in [0.15, 0.2) is 6.29 Å². The Balaban J connectivity index is 0.000000226. The average molecular weight is 681 g/mol. The number of furan rings is 1. The second-order valence-corrected chi connectivity index (χ2v) is 13.8. The number of rotatable bonds is 5. The van der Waals surface area contributed by atoms with Crippen LogP contribution in [0.15, 0.2) is 46.9 Å². The van der Waals surface area contributed by atoms with Crippen LogP contribution in [-0.2, 0) is 14.2 Å². The van der Waals surface area contributed by atoms with E-state index in [9.17, 15) is 24.3 Å². The number of fused-ring (bicyclic) bond motifs is 1. The number of nitrogens with zero attached hydrogens (tertiary/aromatic N) is 4. The number of phenolic OH excluding ortho intramolecular Hbond substituents is 1. The van der Waals surface area contributed by atoms with Crippen molar-refractivity contribution in [1.82, 2.24) is 9.80 Å². The molecule has 13 heteroatoms. The summed E-state index contributed by atoms with van der Waals surface area (Å²) in [6.45, 7) is 18.3. The molecule has 2 aliphatic rings. The van der Waals surface area contributed by atoms with Crippen LogP contribution >= 0.6 is 0 Å². The molecule has 266 valence electrons. The van der Waals surface area contributed by atoms with Crippen molar-refractivity contribution >= 4 is 46.8 Å². The van der Waals surface area contributed by atoms with Crippen molar-refractivity contribution in [3.05, 3.63) is 53.8 Å². The number of carbonyl (C=O) groups excluding carboxylic acids is 4. The lowest BCUT2D eigenvalue weighted by Crippen LogP contribution is -2.50. The molecule has 2 aliphatic heterocycles. The molecular weight excluding hydrogens is 632 g/mol. The SMILES string of the molecule is CC(C)(C)OC(=O)N1CCN(c2ccc(O)c(C=O)c2)CC1.CCOC(=O)c1cc2cc(N3CCN(C(=O)OC(C)(C)C)CC3)ccc2o1. The van der Waals surface area contributed by atoms with Crippen LogP contribution in [0.25, 0.3) is 11.0 Å². The van der Waals surface area contributed by atoms with Gasteiger partial charge in [0.2, 0.25) is 5.76 Å². The van der Waals surface area contributed by atoms with Crippen molar-refractivity contribution in [3.8, 4) is 5.75 Å². The van der Waals surface area contributed by atoms with Gasteiger partial charge in [-0.25, -0.2) is 14.4 Å². The van der Waals surface area contributed by atoms with Crippen LogP contribution in [0, 0.1) is 0 Å². The Bertz CT molecular complexity index is 1620. The normalized spacial score (nSPS) is 15.3. The molecule has 0 aliphatic carbocycles. The molecule has 0 spiro atoms. The number of esters is 1. The maximum absolute atomic E-state index is 12.2. The number of aromatic hydroxyl groups is 1. The monoisotopic (exact) mass is 680 g/mol. The molecule has 5 rings (SSSR count). The Morgan fingerprint density at radius 3 is 1.71 bits per heavy atom. The third-order valence-electron chi connectivity index (χ3n) is 7.71. The molecule has 3 heterocycles. The highest BCUT2D eigenvalue weighted by atomic mass is 16.6. The summed E-state index contributed by atoms with van der Waals surface area (Å²) in [5, 5.41) is 10.4. The highest BCUT2D eigenvalue weighted by molar-refractivity contribution is 5.93. The fourth-order valence-electron chi connectivity index (χ4n) is 5.31. The van der Waals surface area contributed by atoms with Crippen molar-refractivity contribution in [1.29, 1.82) is 0 Å². The Labute approximate surface area is 287 Å². The summed E-state index contributed by atoms with van der Waals surface area (Å²) in [7, 11) is 0. The van der Waals surface area contributed by atoms with Gasteiger partial charge in [0.1, 0.15) is 22.5 Å². The fraction of sp³-hybridized carbons (Fsp3) is 0.500. The quantitative estimate of drug-likeness (QED) is 0.195. The third-order valence-corrected chi connectivity index (χ3v) is 7.71. The first-order valence-electron chi connectivity index (χ1n) is 16.5. The van der Waals surface area contributed by atoms with Gasteiger partial charge in [-0.1, -0.05) is 0 Å². The lowest BCUT2D eigenvalue weighted by molar-refractivity contribution is 0.0230. The standard InChI is InChI=1S/C20H26N2O5.C16H22N2O4/c1-5-25-18(23)17-13-14-12-15(6-7-16(14)26-17)21-8-10-22(11-9-21)19(24)27-20(2,3)4;1-16(2,3)22-15(21)18-8-6-17(7-9-18)13-4-5-14(20)12(10-13)11-19/h6-7,12-13H,5,8-11H2,1-4H3;4-5,10-11,20H,6-9H2,1-3H3. The highest BCUT2D eigenvalue weighted by Crippen LogP contribution is 2.27. The first-order chi connectivity index (χ1) is 23.1. The zero-order chi connectivity index (χ0) is 35.9. The van der Waals surface area contributed by atoms with E-state index in [2.05, 4.69) is 9.80 Å². The van der Waals surface area contributed by atoms with Gasteiger partial charge in [0.25, 0.3) is 0 Å². The number of benzene rings is 2. The van der Waals surface area contributed by atoms with Gasteiger partial charge in [-0.15, -0.1) is 0 Å². The van der Waals surface area contributed by atoms with Crippen molar-refractivity contribution in [2.24, 2.45) is 0 Å². The van der Waals surface area contributed by atoms with E-state index >= 15 is 0 Å². The zero-order valence-corrected chi connectivity index (χ0v) is 29.5. The van der Waals surface area contributed by atoms with E-state index in [-0.39, 0.29) is 29.3 Å². The first-order valence-corrected chi connectivity index (χ1v) is 16.5. The van der Waals surface area contributed by atoms with E-state index < -0.39 is 17.2 Å². The van der Waals surface area contributed by atoms with Crippen LogP contribution in [0.5, 0.6) is 5.75 Å². The minimum Gasteiger partial charge on any atom is -0.507 e. The molecule has 13 nitrogen and oxygen atoms in total. The molecule has 0 radical (unpaired) electrons. The van der Waals surface area contributed by atoms with Crippen LogP contribution < -0.4 is 9.80 Å². The zero-order valence-electron chi connectivity index (χ0n) is 29.5. The van der Waals surface area contributed by atoms with Crippen LogP contribution in [0.1, 0.15) is 69.4 Å². The predicted octanol–water partition coefficient (Wildman–Crippen LogP) is 5.93. The summed E-state index contributed by atoms with van der Waals surface area (Å²) in [6, 6.07) is 12.5. The fourth-order valence-corrected chi connectivity index (χ4v) is 5.31. The number of hydrogen-bond donors (Lipinski definition) is 1. The van der Waals surface area contributed by atoms with E-state index in [4.69, 9.17) is 18.6 Å². The molecule has 3 aromatic rings. The molecule has 2 fully saturated rings. The Morgan fingerprint density at radius 2 is 1.24 bits per heavy atom. The van der Waals surface area contributed by atoms with E-state index in [0.717, 1.165) is 16.8 Å². The molecule has 0 saturated carbocycles. The van der Waals surface area contributed by atoms with Gasteiger partial charge in [-0.2, -0.15) is 0 Å². The van der Waals surface area contributed by atoms with E-state index in [1.54, 1.807) is 34.9 Å². The number of phenols is 1. The predicted molar refractivity (Wildman–Crippen MR) is 186 cm³/mol. The largest absolute Gasteiger partial charge is 0.507 e. The molecule has 0 atom stereocenters. The van der Waals surface area contributed by atoms with E-state index in [0.29, 0.717) is 70.8 Å². The summed E-state index contributed by atoms with van der Waals surface area (Å²) in [4.78, 5) is 54.6. The van der Waals surface area contributed by atoms with Gasteiger partial charge < -0.3 is 43.3 Å². The van der Waals surface area contributed by atoms with Gasteiger partial charge in [0.05, 0.1) is 12.2 Å². The minimum absolute atomic E-state index is 0.0221. The third kappa shape index (κ3) is 10.3. The maximum atomic E-state index is 12.2. The Hall–Kier alpha value is -4.94. The van der Waals surface area contributed by atoms with Crippen LogP contribution in [-0.4, -0.2) is 110 Å². The number of carbonyl (C=O) groups is 4. The number of piperazine rings is 2. The van der Waals surface area contributed by atoms with Crippen LogP contribution in [0.3, 0.4) is 0 Å². The first kappa shape index (κ1) is 36.9. The summed E-state index contributed by atoms with van der Waals surface area (Å²) in [5.74, 6) is -0.272. The smallest absolute Gasteiger partial charge is 0.410 e. The van der Waals surface area contributed by atoms with E-state index in [1.165, 1.54) is 6.07 Å². The number of amides is 2. The van der Waals surface area contributed by atoms with Gasteiger partial charge in [0, 0.05) is 69.1 Å². The Morgan fingerprint density at radius 1 is 0.755 bits per heavy atom. The second-order valence-electron chi connectivity index (χ2n) is 13.8. The molecule has 0 bridgehead atoms. The van der Waals surface area contributed by atoms with Crippen molar-refractivity contribution in [2.75, 3.05) is 68.8 Å². The minimum atomic E-state index is -0.496. The van der Waals surface area contributed by atoms with Crippen molar-refractivity contribution in [3.63, 3.8) is 0 Å². The Kier molecular flexibility index (Phi) is 11.7. The van der Waals surface area contributed by atoms with Crippen molar-refractivity contribution in [2.45, 2.75) is 59.7 Å². The average Bonchev–Trinajstić information content (AvgIpc) is 3.48. The molecule has 0 unspecified atom stereocenters. The van der Waals surface area contributed by atoms with Crippen molar-refractivity contribution < 1.29 is 42.9 Å². The molecule has 1 aromatic heterocycles. The van der Waals surface area contributed by atoms with Gasteiger partial charge in [-0.3, -0.25) is 4.79 Å². The van der Waals surface area contributed by atoms with Crippen LogP contribution in [0.4, 0.5) is 21.0 Å². The van der Waals surface area contributed by atoms with E-state index in [1.807, 2.05) is 59.7 Å². The second kappa shape index (κ2) is 15.5. The maximum Gasteiger partial charge on any atom is 0.410 e. The number of ether oxygens (including phenoxy) is 3. The summed E-state index contributed by atoms with van der Waals surface area (Å²) in [5.41, 5.74) is 1.83. The lowest BCUT2D eigenvalue weighted by atomic mass is 10.1. The van der Waals surface area contributed by atoms with Crippen LogP contribution in [0.2, 0.25) is 0 Å². The molecule has 1 N–H and O–H groups in total. The highest BCUT2D eigenvalue weighted by Gasteiger charge is 2.27.